The zero-order valence-electron chi connectivity index (χ0n) is 36.7. The average Bonchev–Trinajstić information content (AvgIpc) is 3.47. The van der Waals surface area contributed by atoms with Gasteiger partial charge >= 0.3 is 11.8 Å². The molecular formula is C45H60N2O14. The first-order valence-electron chi connectivity index (χ1n) is 20.5. The second kappa shape index (κ2) is 18.8. The van der Waals surface area contributed by atoms with Crippen LogP contribution in [0.15, 0.2) is 42.2 Å². The Kier molecular flexibility index (Phi) is 14.5. The predicted molar refractivity (Wildman–Crippen MR) is 224 cm³/mol. The Morgan fingerprint density at radius 1 is 0.934 bits per heavy atom. The number of phenolic OH excluding ortho intramolecular Hbond substituents is 2. The smallest absolute Gasteiger partial charge is 0.312 e. The number of phenols is 2. The van der Waals surface area contributed by atoms with Crippen molar-refractivity contribution in [2.24, 2.45) is 23.7 Å². The van der Waals surface area contributed by atoms with Crippen molar-refractivity contribution in [2.75, 3.05) is 32.2 Å². The van der Waals surface area contributed by atoms with E-state index in [0.29, 0.717) is 13.2 Å². The van der Waals surface area contributed by atoms with Crippen molar-refractivity contribution < 1.29 is 68.0 Å². The number of aliphatic hydroxyl groups excluding tert-OH is 2. The number of benzene rings is 2. The molecule has 1 saturated heterocycles. The molecule has 4 aliphatic heterocycles. The molecule has 2 unspecified atom stereocenters. The van der Waals surface area contributed by atoms with Crippen LogP contribution in [0, 0.1) is 30.6 Å². The fourth-order valence-electron chi connectivity index (χ4n) is 8.46. The number of amides is 2. The Balaban J connectivity index is 1.67. The lowest BCUT2D eigenvalue weighted by Gasteiger charge is -2.38. The molecule has 16 heteroatoms. The van der Waals surface area contributed by atoms with E-state index in [-0.39, 0.29) is 62.6 Å². The van der Waals surface area contributed by atoms with Crippen LogP contribution in [-0.4, -0.2) is 118 Å². The van der Waals surface area contributed by atoms with E-state index in [1.807, 2.05) is 13.8 Å². The van der Waals surface area contributed by atoms with Gasteiger partial charge in [-0.05, 0) is 33.8 Å². The van der Waals surface area contributed by atoms with Gasteiger partial charge in [-0.2, -0.15) is 0 Å². The summed E-state index contributed by atoms with van der Waals surface area (Å²) in [6, 6.07) is 0.756. The Morgan fingerprint density at radius 3 is 2.21 bits per heavy atom. The second-order valence-corrected chi connectivity index (χ2v) is 16.7. The molecule has 6 rings (SSSR count). The number of ketones is 1. The second-order valence-electron chi connectivity index (χ2n) is 16.7. The molecule has 0 saturated carbocycles. The highest BCUT2D eigenvalue weighted by Gasteiger charge is 2.50. The number of anilines is 1. The van der Waals surface area contributed by atoms with E-state index in [1.165, 1.54) is 59.3 Å². The van der Waals surface area contributed by atoms with Crippen LogP contribution in [0.2, 0.25) is 0 Å². The highest BCUT2D eigenvalue weighted by atomic mass is 16.7. The van der Waals surface area contributed by atoms with Crippen molar-refractivity contribution >= 4 is 40.0 Å². The van der Waals surface area contributed by atoms with Crippen molar-refractivity contribution in [3.8, 4) is 23.0 Å². The highest BCUT2D eigenvalue weighted by molar-refractivity contribution is 6.21. The summed E-state index contributed by atoms with van der Waals surface area (Å²) in [6.07, 6.45) is 3.57. The molecule has 0 spiro atoms. The molecule has 5 bridgehead atoms. The van der Waals surface area contributed by atoms with Gasteiger partial charge in [-0.15, -0.1) is 0 Å². The molecule has 0 aromatic heterocycles. The molecule has 5 N–H and O–H groups in total. The van der Waals surface area contributed by atoms with Gasteiger partial charge in [-0.25, -0.2) is 0 Å². The fraction of sp³-hybridized carbons (Fsp3) is 0.556. The minimum atomic E-state index is -2.04. The van der Waals surface area contributed by atoms with Crippen LogP contribution in [-0.2, 0) is 33.3 Å². The number of ether oxygens (including phenoxy) is 6. The van der Waals surface area contributed by atoms with Gasteiger partial charge in [0.1, 0.15) is 23.4 Å². The maximum Gasteiger partial charge on any atom is 0.312 e. The minimum absolute atomic E-state index is 0.0651. The number of rotatable bonds is 5. The predicted octanol–water partition coefficient (Wildman–Crippen LogP) is 5.06. The van der Waals surface area contributed by atoms with Crippen LogP contribution in [0.25, 0.3) is 10.8 Å². The molecule has 11 atom stereocenters. The third kappa shape index (κ3) is 9.37. The van der Waals surface area contributed by atoms with Crippen LogP contribution >= 0.6 is 0 Å². The lowest BCUT2D eigenvalue weighted by molar-refractivity contribution is -0.160. The summed E-state index contributed by atoms with van der Waals surface area (Å²) in [7, 11) is 1.44. The molecule has 61 heavy (non-hydrogen) atoms. The van der Waals surface area contributed by atoms with E-state index >= 15 is 0 Å². The van der Waals surface area contributed by atoms with Crippen molar-refractivity contribution in [2.45, 2.75) is 112 Å². The van der Waals surface area contributed by atoms with Gasteiger partial charge < -0.3 is 59.1 Å². The Morgan fingerprint density at radius 2 is 1.59 bits per heavy atom. The van der Waals surface area contributed by atoms with E-state index in [0.717, 1.165) is 0 Å². The van der Waals surface area contributed by atoms with Gasteiger partial charge in [0, 0.05) is 67.2 Å². The molecular weight excluding hydrogens is 792 g/mol. The summed E-state index contributed by atoms with van der Waals surface area (Å²) in [5.41, 5.74) is -0.0390. The van der Waals surface area contributed by atoms with Crippen LogP contribution in [0.5, 0.6) is 23.0 Å². The molecule has 334 valence electrons. The quantitative estimate of drug-likeness (QED) is 0.196. The van der Waals surface area contributed by atoms with Gasteiger partial charge in [0.05, 0.1) is 66.5 Å². The van der Waals surface area contributed by atoms with Crippen LogP contribution in [0.1, 0.15) is 78.2 Å². The number of morpholine rings is 1. The zero-order chi connectivity index (χ0) is 45.2. The lowest BCUT2D eigenvalue weighted by atomic mass is 9.78. The summed E-state index contributed by atoms with van der Waals surface area (Å²) in [5, 5.41) is 48.6. The van der Waals surface area contributed by atoms with Gasteiger partial charge in [0.25, 0.3) is 17.6 Å². The molecule has 1 fully saturated rings. The Hall–Kier alpha value is -5.16. The van der Waals surface area contributed by atoms with Crippen molar-refractivity contribution in [1.82, 2.24) is 4.90 Å². The van der Waals surface area contributed by atoms with Crippen LogP contribution in [0.3, 0.4) is 0 Å². The maximum absolute atomic E-state index is 14.6. The van der Waals surface area contributed by atoms with Crippen molar-refractivity contribution in [1.29, 1.82) is 0 Å². The molecule has 2 aromatic carbocycles. The van der Waals surface area contributed by atoms with Gasteiger partial charge in [0.2, 0.25) is 0 Å². The van der Waals surface area contributed by atoms with Crippen molar-refractivity contribution in [3.05, 3.63) is 53.3 Å². The van der Waals surface area contributed by atoms with Crippen molar-refractivity contribution in [3.63, 3.8) is 0 Å². The van der Waals surface area contributed by atoms with Gasteiger partial charge in [0.15, 0.2) is 12.4 Å². The Labute approximate surface area is 356 Å². The van der Waals surface area contributed by atoms with Crippen LogP contribution in [0.4, 0.5) is 5.69 Å². The number of carbonyl (C=O) groups is 4. The number of aromatic hydroxyl groups is 2. The van der Waals surface area contributed by atoms with Gasteiger partial charge in [-0.1, -0.05) is 45.9 Å². The number of nitrogens with one attached hydrogen (secondary N) is 1. The number of allylic oxidation sites excluding steroid dienone is 2. The molecule has 4 aliphatic rings. The minimum Gasteiger partial charge on any atom is -0.507 e. The average molecular weight is 853 g/mol. The first-order chi connectivity index (χ1) is 28.6. The normalized spacial score (nSPS) is 33.3. The number of hydrogen-bond donors (Lipinski definition) is 5. The SMILES string of the molecule is CO[C@H]1/C=C/O[C@@]2(C)Oc3c(C)c(O)c4c(O)c(cc(OCC(=O)N5C(C)COCC5C)c4c3C2=O)NC(=O)/C(C)=C\C=C\[C@@H](C)[C@@H](O)[C@@H](C)[C@H](O)[C@@H](C)[C@H](OC(C)=O)[C@@H]1C. The van der Waals surface area contributed by atoms with E-state index in [4.69, 9.17) is 28.4 Å². The number of aliphatic hydroxyl groups is 2. The third-order valence-electron chi connectivity index (χ3n) is 12.1. The maximum atomic E-state index is 14.6. The summed E-state index contributed by atoms with van der Waals surface area (Å²) in [6.45, 7) is 16.4. The summed E-state index contributed by atoms with van der Waals surface area (Å²) >= 11 is 0. The number of nitrogens with zero attached hydrogens (tertiary/aromatic N) is 1. The standard InChI is InChI=1S/C45H60N2O14/c1-21-13-12-14-22(2)44(55)46-30-17-32(58-20-33(49)47-23(3)18-57-19-24(47)4)34-35(40(30)53)39(52)28(8)42-36(34)43(54)45(10,61-42)59-16-15-31(56-11)25(5)41(60-29(9)48)27(7)38(51)26(6)37(21)50/h12-17,21,23-27,31,37-38,41,50-53H,18-20H2,1-11H3,(H,46,55)/b13-12+,16-15+,22-14-/t21-,23?,24?,25-,26-,27-,31+,37-,38+,41-,45+/m1/s1. The fourth-order valence-corrected chi connectivity index (χ4v) is 8.46. The first-order valence-corrected chi connectivity index (χ1v) is 20.5. The number of carbonyl (C=O) groups excluding carboxylic acids is 4. The molecule has 4 heterocycles. The largest absolute Gasteiger partial charge is 0.507 e. The zero-order valence-corrected chi connectivity index (χ0v) is 36.7. The third-order valence-corrected chi connectivity index (χ3v) is 12.1. The number of Topliss-reactive ketones (excluding diaryl/α,β-unsaturated/α-hetero) is 1. The highest BCUT2D eigenvalue weighted by Crippen LogP contribution is 2.54. The molecule has 0 radical (unpaired) electrons. The van der Waals surface area contributed by atoms with E-state index < -0.39 is 89.6 Å². The molecule has 0 aliphatic carbocycles. The number of methoxy groups -OCH3 is 1. The van der Waals surface area contributed by atoms with Gasteiger partial charge in [-0.3, -0.25) is 19.2 Å². The Bertz CT molecular complexity index is 2100. The molecule has 2 aromatic rings. The first kappa shape index (κ1) is 46.9. The summed E-state index contributed by atoms with van der Waals surface area (Å²) in [4.78, 5) is 55.8. The lowest BCUT2D eigenvalue weighted by Crippen LogP contribution is -2.53. The van der Waals surface area contributed by atoms with Crippen LogP contribution < -0.4 is 14.8 Å². The number of fused-ring (bicyclic) bond motifs is 14. The van der Waals surface area contributed by atoms with E-state index in [2.05, 4.69) is 5.32 Å². The van der Waals surface area contributed by atoms with E-state index in [1.54, 1.807) is 44.7 Å². The summed E-state index contributed by atoms with van der Waals surface area (Å²) in [5.74, 6) is -8.12. The van der Waals surface area contributed by atoms with E-state index in [9.17, 15) is 39.6 Å². The monoisotopic (exact) mass is 852 g/mol. The molecule has 16 nitrogen and oxygen atoms in total. The molecule has 2 amide bonds. The summed E-state index contributed by atoms with van der Waals surface area (Å²) < 4.78 is 35.5. The number of esters is 1. The number of hydrogen-bond acceptors (Lipinski definition) is 14. The topological polar surface area (TPSA) is 220 Å².